The Hall–Kier alpha value is -1.58. The van der Waals surface area contributed by atoms with Crippen molar-refractivity contribution in [2.24, 2.45) is 5.92 Å². The fraction of sp³-hybridized carbons (Fsp3) is 0.444. The minimum Gasteiger partial charge on any atom is -0.486 e. The van der Waals surface area contributed by atoms with Crippen molar-refractivity contribution in [2.75, 3.05) is 26.8 Å². The van der Waals surface area contributed by atoms with E-state index in [0.717, 1.165) is 24.2 Å². The molecule has 0 aliphatic heterocycles. The van der Waals surface area contributed by atoms with E-state index in [0.29, 0.717) is 12.5 Å². The SMILES string of the molecule is COCC(CNCC(C)C)Oc1cccc2ccccc12. The number of nitrogens with one attached hydrogen (secondary N) is 1. The van der Waals surface area contributed by atoms with Crippen LogP contribution in [0, 0.1) is 5.92 Å². The first kappa shape index (κ1) is 15.8. The van der Waals surface area contributed by atoms with Crippen molar-refractivity contribution in [1.82, 2.24) is 5.32 Å². The maximum atomic E-state index is 6.16. The van der Waals surface area contributed by atoms with Crippen LogP contribution in [0.1, 0.15) is 13.8 Å². The summed E-state index contributed by atoms with van der Waals surface area (Å²) in [6.45, 7) is 6.75. The predicted octanol–water partition coefficient (Wildman–Crippen LogP) is 3.48. The van der Waals surface area contributed by atoms with Crippen molar-refractivity contribution in [3.8, 4) is 5.75 Å². The highest BCUT2D eigenvalue weighted by Crippen LogP contribution is 2.26. The molecule has 3 heteroatoms. The Morgan fingerprint density at radius 2 is 1.76 bits per heavy atom. The van der Waals surface area contributed by atoms with Gasteiger partial charge < -0.3 is 14.8 Å². The molecule has 3 nitrogen and oxygen atoms in total. The first-order chi connectivity index (χ1) is 10.2. The Bertz CT molecular complexity index is 548. The van der Waals surface area contributed by atoms with Crippen LogP contribution >= 0.6 is 0 Å². The van der Waals surface area contributed by atoms with E-state index < -0.39 is 0 Å². The van der Waals surface area contributed by atoms with E-state index in [4.69, 9.17) is 9.47 Å². The summed E-state index contributed by atoms with van der Waals surface area (Å²) in [5.74, 6) is 1.55. The van der Waals surface area contributed by atoms with E-state index >= 15 is 0 Å². The Morgan fingerprint density at radius 3 is 2.52 bits per heavy atom. The van der Waals surface area contributed by atoms with Crippen molar-refractivity contribution in [2.45, 2.75) is 20.0 Å². The molecule has 0 spiro atoms. The van der Waals surface area contributed by atoms with E-state index in [1.54, 1.807) is 7.11 Å². The van der Waals surface area contributed by atoms with Crippen molar-refractivity contribution in [1.29, 1.82) is 0 Å². The molecule has 114 valence electrons. The minimum atomic E-state index is 0.0135. The van der Waals surface area contributed by atoms with Crippen LogP contribution in [-0.2, 0) is 4.74 Å². The molecule has 2 aromatic carbocycles. The molecule has 1 atom stereocenters. The second-order valence-electron chi connectivity index (χ2n) is 5.72. The lowest BCUT2D eigenvalue weighted by molar-refractivity contribution is 0.0812. The molecule has 0 radical (unpaired) electrons. The number of hydrogen-bond donors (Lipinski definition) is 1. The number of rotatable bonds is 8. The lowest BCUT2D eigenvalue weighted by atomic mass is 10.1. The molecule has 0 aliphatic rings. The van der Waals surface area contributed by atoms with Crippen LogP contribution in [0.3, 0.4) is 0 Å². The van der Waals surface area contributed by atoms with Gasteiger partial charge in [0, 0.05) is 19.0 Å². The number of methoxy groups -OCH3 is 1. The van der Waals surface area contributed by atoms with Gasteiger partial charge in [-0.15, -0.1) is 0 Å². The van der Waals surface area contributed by atoms with Crippen molar-refractivity contribution in [3.05, 3.63) is 42.5 Å². The van der Waals surface area contributed by atoms with Crippen LogP contribution in [0.4, 0.5) is 0 Å². The van der Waals surface area contributed by atoms with Crippen molar-refractivity contribution >= 4 is 10.8 Å². The fourth-order valence-corrected chi connectivity index (χ4v) is 2.33. The summed E-state index contributed by atoms with van der Waals surface area (Å²) in [4.78, 5) is 0. The van der Waals surface area contributed by atoms with E-state index in [2.05, 4.69) is 37.4 Å². The van der Waals surface area contributed by atoms with Crippen LogP contribution in [0.2, 0.25) is 0 Å². The molecule has 2 rings (SSSR count). The van der Waals surface area contributed by atoms with Gasteiger partial charge in [0.05, 0.1) is 6.61 Å². The quantitative estimate of drug-likeness (QED) is 0.806. The van der Waals surface area contributed by atoms with E-state index in [1.807, 2.05) is 24.3 Å². The zero-order chi connectivity index (χ0) is 15.1. The Labute approximate surface area is 127 Å². The number of fused-ring (bicyclic) bond motifs is 1. The first-order valence-corrected chi connectivity index (χ1v) is 7.54. The number of benzene rings is 2. The molecule has 1 unspecified atom stereocenters. The second-order valence-corrected chi connectivity index (χ2v) is 5.72. The van der Waals surface area contributed by atoms with E-state index in [1.165, 1.54) is 5.39 Å². The maximum Gasteiger partial charge on any atom is 0.134 e. The molecular formula is C18H25NO2. The van der Waals surface area contributed by atoms with E-state index in [9.17, 15) is 0 Å². The minimum absolute atomic E-state index is 0.0135. The average molecular weight is 287 g/mol. The third-order valence-electron chi connectivity index (χ3n) is 3.32. The van der Waals surface area contributed by atoms with Crippen molar-refractivity contribution in [3.63, 3.8) is 0 Å². The highest BCUT2D eigenvalue weighted by atomic mass is 16.5. The van der Waals surface area contributed by atoms with Gasteiger partial charge in [-0.1, -0.05) is 50.2 Å². The molecule has 0 saturated carbocycles. The van der Waals surface area contributed by atoms with Gasteiger partial charge in [-0.3, -0.25) is 0 Å². The van der Waals surface area contributed by atoms with E-state index in [-0.39, 0.29) is 6.10 Å². The van der Waals surface area contributed by atoms with Gasteiger partial charge in [-0.05, 0) is 23.9 Å². The zero-order valence-electron chi connectivity index (χ0n) is 13.1. The van der Waals surface area contributed by atoms with Gasteiger partial charge in [0.1, 0.15) is 11.9 Å². The van der Waals surface area contributed by atoms with Crippen molar-refractivity contribution < 1.29 is 9.47 Å². The number of ether oxygens (including phenoxy) is 2. The molecule has 21 heavy (non-hydrogen) atoms. The standard InChI is InChI=1S/C18H25NO2/c1-14(2)11-19-12-16(13-20-3)21-18-10-6-8-15-7-4-5-9-17(15)18/h4-10,14,16,19H,11-13H2,1-3H3. The lowest BCUT2D eigenvalue weighted by Gasteiger charge is -2.20. The van der Waals surface area contributed by atoms with Crippen LogP contribution in [0.25, 0.3) is 10.8 Å². The smallest absolute Gasteiger partial charge is 0.134 e. The summed E-state index contributed by atoms with van der Waals surface area (Å²) in [5, 5.41) is 5.77. The summed E-state index contributed by atoms with van der Waals surface area (Å²) in [6.07, 6.45) is 0.0135. The summed E-state index contributed by atoms with van der Waals surface area (Å²) in [6, 6.07) is 14.4. The van der Waals surface area contributed by atoms with Crippen LogP contribution < -0.4 is 10.1 Å². The predicted molar refractivity (Wildman–Crippen MR) is 87.9 cm³/mol. The highest BCUT2D eigenvalue weighted by molar-refractivity contribution is 5.88. The summed E-state index contributed by atoms with van der Waals surface area (Å²) < 4.78 is 11.4. The molecule has 2 aromatic rings. The fourth-order valence-electron chi connectivity index (χ4n) is 2.33. The highest BCUT2D eigenvalue weighted by Gasteiger charge is 2.12. The van der Waals surface area contributed by atoms with Gasteiger partial charge >= 0.3 is 0 Å². The molecule has 0 heterocycles. The van der Waals surface area contributed by atoms with Gasteiger partial charge in [0.15, 0.2) is 0 Å². The van der Waals surface area contributed by atoms with Crippen LogP contribution in [0.5, 0.6) is 5.75 Å². The largest absolute Gasteiger partial charge is 0.486 e. The zero-order valence-corrected chi connectivity index (χ0v) is 13.1. The van der Waals surface area contributed by atoms with Gasteiger partial charge in [0.25, 0.3) is 0 Å². The number of hydrogen-bond acceptors (Lipinski definition) is 3. The van der Waals surface area contributed by atoms with Crippen LogP contribution in [0.15, 0.2) is 42.5 Å². The van der Waals surface area contributed by atoms with Crippen LogP contribution in [-0.4, -0.2) is 32.9 Å². The van der Waals surface area contributed by atoms with Gasteiger partial charge in [0.2, 0.25) is 0 Å². The Balaban J connectivity index is 2.07. The molecular weight excluding hydrogens is 262 g/mol. The summed E-state index contributed by atoms with van der Waals surface area (Å²) >= 11 is 0. The second kappa shape index (κ2) is 8.01. The molecule has 0 amide bonds. The molecule has 0 aromatic heterocycles. The molecule has 0 bridgehead atoms. The molecule has 0 fully saturated rings. The third kappa shape index (κ3) is 4.73. The summed E-state index contributed by atoms with van der Waals surface area (Å²) in [7, 11) is 1.71. The van der Waals surface area contributed by atoms with Gasteiger partial charge in [-0.2, -0.15) is 0 Å². The molecule has 0 aliphatic carbocycles. The Kier molecular flexibility index (Phi) is 6.03. The Morgan fingerprint density at radius 1 is 1.00 bits per heavy atom. The molecule has 1 N–H and O–H groups in total. The molecule has 0 saturated heterocycles. The van der Waals surface area contributed by atoms with Gasteiger partial charge in [-0.25, -0.2) is 0 Å². The summed E-state index contributed by atoms with van der Waals surface area (Å²) in [5.41, 5.74) is 0. The maximum absolute atomic E-state index is 6.16. The normalized spacial score (nSPS) is 12.8. The monoisotopic (exact) mass is 287 g/mol. The topological polar surface area (TPSA) is 30.5 Å². The first-order valence-electron chi connectivity index (χ1n) is 7.54. The average Bonchev–Trinajstić information content (AvgIpc) is 2.47. The lowest BCUT2D eigenvalue weighted by Crippen LogP contribution is -2.36. The third-order valence-corrected chi connectivity index (χ3v) is 3.32.